The van der Waals surface area contributed by atoms with Gasteiger partial charge in [0.1, 0.15) is 5.75 Å². The molecule has 0 saturated heterocycles. The van der Waals surface area contributed by atoms with Crippen LogP contribution >= 0.6 is 11.6 Å². The summed E-state index contributed by atoms with van der Waals surface area (Å²) >= 11 is 6.00. The highest BCUT2D eigenvalue weighted by Crippen LogP contribution is 2.26. The van der Waals surface area contributed by atoms with Crippen LogP contribution in [-0.2, 0) is 6.61 Å². The zero-order valence-electron chi connectivity index (χ0n) is 10.3. The summed E-state index contributed by atoms with van der Waals surface area (Å²) in [6, 6.07) is 7.14. The van der Waals surface area contributed by atoms with Crippen molar-refractivity contribution in [3.05, 3.63) is 52.3 Å². The summed E-state index contributed by atoms with van der Waals surface area (Å²) in [7, 11) is 0. The van der Waals surface area contributed by atoms with E-state index < -0.39 is 0 Å². The van der Waals surface area contributed by atoms with Crippen LogP contribution in [-0.4, -0.2) is 21.4 Å². The molecule has 98 valence electrons. The molecular formula is C14H13ClN2O2. The van der Waals surface area contributed by atoms with Crippen LogP contribution in [0.25, 0.3) is 0 Å². The quantitative estimate of drug-likeness (QED) is 0.847. The van der Waals surface area contributed by atoms with Gasteiger partial charge >= 0.3 is 0 Å². The van der Waals surface area contributed by atoms with Crippen molar-refractivity contribution in [3.63, 3.8) is 0 Å². The van der Waals surface area contributed by atoms with E-state index in [1.54, 1.807) is 19.1 Å². The Balaban J connectivity index is 2.44. The smallest absolute Gasteiger partial charge is 0.145 e. The number of rotatable bonds is 3. The van der Waals surface area contributed by atoms with Crippen molar-refractivity contribution in [2.45, 2.75) is 13.5 Å². The highest BCUT2D eigenvalue weighted by atomic mass is 35.5. The lowest BCUT2D eigenvalue weighted by molar-refractivity contribution is 0.280. The van der Waals surface area contributed by atoms with E-state index >= 15 is 0 Å². The van der Waals surface area contributed by atoms with Crippen molar-refractivity contribution in [2.75, 3.05) is 0 Å². The second-order valence-corrected chi connectivity index (χ2v) is 4.41. The molecule has 5 heteroatoms. The Kier molecular flexibility index (Phi) is 4.14. The lowest BCUT2D eigenvalue weighted by Gasteiger charge is -2.07. The Morgan fingerprint density at radius 2 is 2.11 bits per heavy atom. The van der Waals surface area contributed by atoms with Crippen LogP contribution in [0.15, 0.2) is 35.5 Å². The van der Waals surface area contributed by atoms with Gasteiger partial charge in [-0.3, -0.25) is 9.98 Å². The Bertz CT molecular complexity index is 627. The SMILES string of the molecule is Cc1ncc(CO)c(C=Nc2ccccc2Cl)c1O. The van der Waals surface area contributed by atoms with Gasteiger partial charge in [0.05, 0.1) is 23.0 Å². The van der Waals surface area contributed by atoms with E-state index in [0.717, 1.165) is 0 Å². The summed E-state index contributed by atoms with van der Waals surface area (Å²) in [4.78, 5) is 8.22. The van der Waals surface area contributed by atoms with Gasteiger partial charge in [-0.2, -0.15) is 0 Å². The first-order valence-corrected chi connectivity index (χ1v) is 6.08. The van der Waals surface area contributed by atoms with Crippen molar-refractivity contribution in [1.82, 2.24) is 4.98 Å². The fourth-order valence-corrected chi connectivity index (χ4v) is 1.80. The van der Waals surface area contributed by atoms with E-state index in [1.807, 2.05) is 12.1 Å². The minimum atomic E-state index is -0.218. The van der Waals surface area contributed by atoms with Gasteiger partial charge in [0.2, 0.25) is 0 Å². The maximum atomic E-state index is 9.96. The highest BCUT2D eigenvalue weighted by molar-refractivity contribution is 6.33. The number of aromatic nitrogens is 1. The molecule has 19 heavy (non-hydrogen) atoms. The summed E-state index contributed by atoms with van der Waals surface area (Å²) < 4.78 is 0. The van der Waals surface area contributed by atoms with Gasteiger partial charge in [0.15, 0.2) is 0 Å². The number of benzene rings is 1. The molecule has 0 aliphatic carbocycles. The molecule has 0 fully saturated rings. The molecule has 2 rings (SSSR count). The zero-order chi connectivity index (χ0) is 13.8. The molecule has 4 nitrogen and oxygen atoms in total. The van der Waals surface area contributed by atoms with Crippen molar-refractivity contribution < 1.29 is 10.2 Å². The van der Waals surface area contributed by atoms with Gasteiger partial charge in [0.25, 0.3) is 0 Å². The summed E-state index contributed by atoms with van der Waals surface area (Å²) in [5.74, 6) is 0.0161. The van der Waals surface area contributed by atoms with E-state index in [0.29, 0.717) is 27.5 Å². The van der Waals surface area contributed by atoms with Gasteiger partial charge < -0.3 is 10.2 Å². The van der Waals surface area contributed by atoms with E-state index in [2.05, 4.69) is 9.98 Å². The molecule has 1 aromatic carbocycles. The lowest BCUT2D eigenvalue weighted by atomic mass is 10.1. The first-order chi connectivity index (χ1) is 9.13. The standard InChI is InChI=1S/C14H13ClN2O2/c1-9-14(19)11(10(8-18)6-16-9)7-17-13-5-3-2-4-12(13)15/h2-7,18-19H,8H2,1H3. The minimum absolute atomic E-state index is 0.0161. The fourth-order valence-electron chi connectivity index (χ4n) is 1.61. The number of para-hydroxylation sites is 1. The molecule has 1 aromatic heterocycles. The van der Waals surface area contributed by atoms with Gasteiger partial charge in [-0.15, -0.1) is 0 Å². The molecule has 1 heterocycles. The molecule has 0 saturated carbocycles. The van der Waals surface area contributed by atoms with E-state index in [-0.39, 0.29) is 12.4 Å². The summed E-state index contributed by atoms with van der Waals surface area (Å²) in [5.41, 5.74) is 2.05. The van der Waals surface area contributed by atoms with Crippen molar-refractivity contribution in [2.24, 2.45) is 4.99 Å². The molecule has 0 bridgehead atoms. The molecule has 0 radical (unpaired) electrons. The molecule has 2 N–H and O–H groups in total. The summed E-state index contributed by atoms with van der Waals surface area (Å²) in [5, 5.41) is 19.7. The van der Waals surface area contributed by atoms with Gasteiger partial charge in [-0.1, -0.05) is 23.7 Å². The number of aryl methyl sites for hydroxylation is 1. The number of aliphatic hydroxyl groups is 1. The van der Waals surface area contributed by atoms with Gasteiger partial charge in [-0.05, 0) is 19.1 Å². The normalized spacial score (nSPS) is 11.1. The number of aliphatic imine (C=N–C) groups is 1. The van der Waals surface area contributed by atoms with Crippen LogP contribution in [0.1, 0.15) is 16.8 Å². The third kappa shape index (κ3) is 2.92. The molecule has 0 spiro atoms. The summed E-state index contributed by atoms with van der Waals surface area (Å²) in [6.45, 7) is 1.47. The van der Waals surface area contributed by atoms with E-state index in [9.17, 15) is 10.2 Å². The topological polar surface area (TPSA) is 65.7 Å². The second-order valence-electron chi connectivity index (χ2n) is 4.00. The monoisotopic (exact) mass is 276 g/mol. The van der Waals surface area contributed by atoms with Crippen molar-refractivity contribution in [3.8, 4) is 5.75 Å². The molecule has 0 amide bonds. The number of pyridine rings is 1. The van der Waals surface area contributed by atoms with E-state index in [1.165, 1.54) is 12.4 Å². The second kappa shape index (κ2) is 5.82. The number of halogens is 1. The van der Waals surface area contributed by atoms with Crippen LogP contribution in [0, 0.1) is 6.92 Å². The number of aromatic hydroxyl groups is 1. The number of hydrogen-bond donors (Lipinski definition) is 2. The van der Waals surface area contributed by atoms with Gasteiger partial charge in [-0.25, -0.2) is 0 Å². The fraction of sp³-hybridized carbons (Fsp3) is 0.143. The Labute approximate surface area is 116 Å². The maximum Gasteiger partial charge on any atom is 0.145 e. The van der Waals surface area contributed by atoms with Crippen LogP contribution in [0.4, 0.5) is 5.69 Å². The Morgan fingerprint density at radius 1 is 1.37 bits per heavy atom. The Hall–Kier alpha value is -1.91. The Morgan fingerprint density at radius 3 is 2.79 bits per heavy atom. The molecule has 2 aromatic rings. The van der Waals surface area contributed by atoms with Crippen LogP contribution in [0.2, 0.25) is 5.02 Å². The largest absolute Gasteiger partial charge is 0.505 e. The number of hydrogen-bond acceptors (Lipinski definition) is 4. The lowest BCUT2D eigenvalue weighted by Crippen LogP contribution is -1.97. The molecule has 0 atom stereocenters. The van der Waals surface area contributed by atoms with Gasteiger partial charge in [0, 0.05) is 23.5 Å². The van der Waals surface area contributed by atoms with Crippen molar-refractivity contribution in [1.29, 1.82) is 0 Å². The third-order valence-corrected chi connectivity index (χ3v) is 3.03. The predicted octanol–water partition coefficient (Wildman–Crippen LogP) is 2.99. The number of aliphatic hydroxyl groups excluding tert-OH is 1. The zero-order valence-corrected chi connectivity index (χ0v) is 11.1. The average Bonchev–Trinajstić information content (AvgIpc) is 2.42. The predicted molar refractivity (Wildman–Crippen MR) is 75.3 cm³/mol. The van der Waals surface area contributed by atoms with E-state index in [4.69, 9.17) is 11.6 Å². The molecule has 0 aliphatic heterocycles. The molecule has 0 aliphatic rings. The summed E-state index contributed by atoms with van der Waals surface area (Å²) in [6.07, 6.45) is 3.00. The molecule has 0 unspecified atom stereocenters. The molecular weight excluding hydrogens is 264 g/mol. The average molecular weight is 277 g/mol. The van der Waals surface area contributed by atoms with Crippen LogP contribution in [0.5, 0.6) is 5.75 Å². The van der Waals surface area contributed by atoms with Crippen LogP contribution in [0.3, 0.4) is 0 Å². The maximum absolute atomic E-state index is 9.96. The number of nitrogens with zero attached hydrogens (tertiary/aromatic N) is 2. The highest BCUT2D eigenvalue weighted by Gasteiger charge is 2.09. The minimum Gasteiger partial charge on any atom is -0.505 e. The first kappa shape index (κ1) is 13.5. The third-order valence-electron chi connectivity index (χ3n) is 2.71. The van der Waals surface area contributed by atoms with Crippen molar-refractivity contribution >= 4 is 23.5 Å². The van der Waals surface area contributed by atoms with Crippen LogP contribution < -0.4 is 0 Å². The first-order valence-electron chi connectivity index (χ1n) is 5.70.